The monoisotopic (exact) mass is 327 g/mol. The molecule has 1 aromatic heterocycles. The third kappa shape index (κ3) is 2.98. The standard InChI is InChI=1S/C17H17N3O4/c21-17(20-5-7-22-8-6-20)14-3-1-13(10-18-14)19-12-2-4-15-16(9-12)24-11-23-15/h1-4,9-10,19H,5-8,11H2. The van der Waals surface area contributed by atoms with E-state index >= 15 is 0 Å². The Labute approximate surface area is 139 Å². The van der Waals surface area contributed by atoms with E-state index in [1.807, 2.05) is 24.3 Å². The Morgan fingerprint density at radius 2 is 1.83 bits per heavy atom. The molecule has 24 heavy (non-hydrogen) atoms. The second-order valence-corrected chi connectivity index (χ2v) is 5.53. The van der Waals surface area contributed by atoms with Gasteiger partial charge in [0.15, 0.2) is 11.5 Å². The van der Waals surface area contributed by atoms with Gasteiger partial charge < -0.3 is 24.4 Å². The molecule has 7 heteroatoms. The first kappa shape index (κ1) is 14.8. The first-order valence-corrected chi connectivity index (χ1v) is 7.79. The van der Waals surface area contributed by atoms with Gasteiger partial charge in [-0.05, 0) is 24.3 Å². The highest BCUT2D eigenvalue weighted by Gasteiger charge is 2.19. The van der Waals surface area contributed by atoms with Crippen molar-refractivity contribution in [1.82, 2.24) is 9.88 Å². The number of rotatable bonds is 3. The summed E-state index contributed by atoms with van der Waals surface area (Å²) in [7, 11) is 0. The Bertz CT molecular complexity index is 742. The van der Waals surface area contributed by atoms with E-state index in [9.17, 15) is 4.79 Å². The maximum absolute atomic E-state index is 12.4. The van der Waals surface area contributed by atoms with E-state index in [0.29, 0.717) is 37.7 Å². The topological polar surface area (TPSA) is 72.9 Å². The molecule has 1 saturated heterocycles. The van der Waals surface area contributed by atoms with Crippen molar-refractivity contribution < 1.29 is 19.0 Å². The molecule has 1 N–H and O–H groups in total. The molecule has 1 amide bonds. The molecule has 0 atom stereocenters. The van der Waals surface area contributed by atoms with Crippen molar-refractivity contribution in [2.45, 2.75) is 0 Å². The normalized spacial score (nSPS) is 16.1. The molecule has 0 radical (unpaired) electrons. The highest BCUT2D eigenvalue weighted by atomic mass is 16.7. The van der Waals surface area contributed by atoms with E-state index in [-0.39, 0.29) is 12.7 Å². The number of morpholine rings is 1. The predicted molar refractivity (Wildman–Crippen MR) is 86.8 cm³/mol. The lowest BCUT2D eigenvalue weighted by Crippen LogP contribution is -2.41. The fourth-order valence-corrected chi connectivity index (χ4v) is 2.66. The van der Waals surface area contributed by atoms with Crippen molar-refractivity contribution in [3.8, 4) is 11.5 Å². The van der Waals surface area contributed by atoms with Crippen molar-refractivity contribution in [3.05, 3.63) is 42.2 Å². The smallest absolute Gasteiger partial charge is 0.272 e. The van der Waals surface area contributed by atoms with Crippen LogP contribution in [0.2, 0.25) is 0 Å². The fraction of sp³-hybridized carbons (Fsp3) is 0.294. The largest absolute Gasteiger partial charge is 0.454 e. The number of ether oxygens (including phenoxy) is 3. The molecule has 2 aliphatic rings. The number of carbonyl (C=O) groups is 1. The highest BCUT2D eigenvalue weighted by molar-refractivity contribution is 5.92. The number of amides is 1. The molecule has 3 heterocycles. The minimum absolute atomic E-state index is 0.0621. The summed E-state index contributed by atoms with van der Waals surface area (Å²) in [4.78, 5) is 18.4. The van der Waals surface area contributed by atoms with Gasteiger partial charge in [-0.2, -0.15) is 0 Å². The van der Waals surface area contributed by atoms with Crippen LogP contribution < -0.4 is 14.8 Å². The summed E-state index contributed by atoms with van der Waals surface area (Å²) in [6.45, 7) is 2.62. The van der Waals surface area contributed by atoms with E-state index < -0.39 is 0 Å². The van der Waals surface area contributed by atoms with Crippen molar-refractivity contribution in [3.63, 3.8) is 0 Å². The summed E-state index contributed by atoms with van der Waals surface area (Å²) in [5.41, 5.74) is 2.11. The molecule has 1 aromatic carbocycles. The van der Waals surface area contributed by atoms with Crippen LogP contribution in [0.5, 0.6) is 11.5 Å². The number of benzene rings is 1. The van der Waals surface area contributed by atoms with Gasteiger partial charge in [0.2, 0.25) is 6.79 Å². The Hall–Kier alpha value is -2.80. The molecular weight excluding hydrogens is 310 g/mol. The third-order valence-electron chi connectivity index (χ3n) is 3.94. The summed E-state index contributed by atoms with van der Waals surface area (Å²) in [5, 5.41) is 3.24. The van der Waals surface area contributed by atoms with Gasteiger partial charge in [-0.3, -0.25) is 4.79 Å². The number of fused-ring (bicyclic) bond motifs is 1. The van der Waals surface area contributed by atoms with Crippen molar-refractivity contribution >= 4 is 17.3 Å². The zero-order chi connectivity index (χ0) is 16.4. The number of aromatic nitrogens is 1. The molecule has 0 bridgehead atoms. The van der Waals surface area contributed by atoms with Gasteiger partial charge >= 0.3 is 0 Å². The van der Waals surface area contributed by atoms with E-state index in [1.54, 1.807) is 17.2 Å². The summed E-state index contributed by atoms with van der Waals surface area (Å²) in [6.07, 6.45) is 1.65. The van der Waals surface area contributed by atoms with Crippen molar-refractivity contribution in [1.29, 1.82) is 0 Å². The molecule has 0 aliphatic carbocycles. The number of carbonyl (C=O) groups excluding carboxylic acids is 1. The molecule has 1 fully saturated rings. The molecule has 0 unspecified atom stereocenters. The van der Waals surface area contributed by atoms with Crippen LogP contribution in [0.15, 0.2) is 36.5 Å². The summed E-state index contributed by atoms with van der Waals surface area (Å²) < 4.78 is 15.9. The van der Waals surface area contributed by atoms with E-state index in [1.165, 1.54) is 0 Å². The number of nitrogens with one attached hydrogen (secondary N) is 1. The molecule has 2 aliphatic heterocycles. The maximum Gasteiger partial charge on any atom is 0.272 e. The molecule has 4 rings (SSSR count). The first-order valence-electron chi connectivity index (χ1n) is 7.79. The van der Waals surface area contributed by atoms with E-state index in [0.717, 1.165) is 17.1 Å². The zero-order valence-corrected chi connectivity index (χ0v) is 13.0. The molecular formula is C17H17N3O4. The summed E-state index contributed by atoms with van der Waals surface area (Å²) in [5.74, 6) is 1.39. The first-order chi connectivity index (χ1) is 11.8. The minimum Gasteiger partial charge on any atom is -0.454 e. The van der Waals surface area contributed by atoms with E-state index in [4.69, 9.17) is 14.2 Å². The molecule has 0 spiro atoms. The quantitative estimate of drug-likeness (QED) is 0.930. The zero-order valence-electron chi connectivity index (χ0n) is 13.0. The van der Waals surface area contributed by atoms with Gasteiger partial charge in [-0.15, -0.1) is 0 Å². The average Bonchev–Trinajstić information content (AvgIpc) is 3.10. The molecule has 0 saturated carbocycles. The van der Waals surface area contributed by atoms with Gasteiger partial charge in [0, 0.05) is 24.8 Å². The van der Waals surface area contributed by atoms with E-state index in [2.05, 4.69) is 10.3 Å². The lowest BCUT2D eigenvalue weighted by atomic mass is 10.2. The fourth-order valence-electron chi connectivity index (χ4n) is 2.66. The third-order valence-corrected chi connectivity index (χ3v) is 3.94. The van der Waals surface area contributed by atoms with Gasteiger partial charge in [-0.1, -0.05) is 0 Å². The minimum atomic E-state index is -0.0621. The second-order valence-electron chi connectivity index (χ2n) is 5.53. The van der Waals surface area contributed by atoms with Crippen LogP contribution in [0.4, 0.5) is 11.4 Å². The van der Waals surface area contributed by atoms with Crippen LogP contribution in [0.25, 0.3) is 0 Å². The maximum atomic E-state index is 12.4. The molecule has 7 nitrogen and oxygen atoms in total. The Balaban J connectivity index is 1.44. The van der Waals surface area contributed by atoms with Gasteiger partial charge in [0.1, 0.15) is 5.69 Å². The van der Waals surface area contributed by atoms with Gasteiger partial charge in [0.25, 0.3) is 5.91 Å². The van der Waals surface area contributed by atoms with Crippen LogP contribution in [0.3, 0.4) is 0 Å². The van der Waals surface area contributed by atoms with Crippen LogP contribution in [0.1, 0.15) is 10.5 Å². The Morgan fingerprint density at radius 3 is 2.62 bits per heavy atom. The van der Waals surface area contributed by atoms with Crippen LogP contribution in [0, 0.1) is 0 Å². The molecule has 124 valence electrons. The second kappa shape index (κ2) is 6.37. The number of hydrogen-bond acceptors (Lipinski definition) is 6. The average molecular weight is 327 g/mol. The summed E-state index contributed by atoms with van der Waals surface area (Å²) in [6, 6.07) is 9.20. The SMILES string of the molecule is O=C(c1ccc(Nc2ccc3c(c2)OCO3)cn1)N1CCOCC1. The number of anilines is 2. The number of nitrogens with zero attached hydrogens (tertiary/aromatic N) is 2. The Morgan fingerprint density at radius 1 is 1.04 bits per heavy atom. The molecule has 2 aromatic rings. The van der Waals surface area contributed by atoms with Gasteiger partial charge in [-0.25, -0.2) is 4.98 Å². The number of pyridine rings is 1. The lowest BCUT2D eigenvalue weighted by Gasteiger charge is -2.26. The highest BCUT2D eigenvalue weighted by Crippen LogP contribution is 2.35. The predicted octanol–water partition coefficient (Wildman–Crippen LogP) is 2.03. The van der Waals surface area contributed by atoms with Crippen LogP contribution in [-0.4, -0.2) is 48.9 Å². The van der Waals surface area contributed by atoms with Crippen LogP contribution >= 0.6 is 0 Å². The Kier molecular flexibility index (Phi) is 3.92. The lowest BCUT2D eigenvalue weighted by molar-refractivity contribution is 0.0299. The van der Waals surface area contributed by atoms with Crippen molar-refractivity contribution in [2.75, 3.05) is 38.4 Å². The van der Waals surface area contributed by atoms with Crippen molar-refractivity contribution in [2.24, 2.45) is 0 Å². The summed E-state index contributed by atoms with van der Waals surface area (Å²) >= 11 is 0. The number of hydrogen-bond donors (Lipinski definition) is 1. The van der Waals surface area contributed by atoms with Crippen LogP contribution in [-0.2, 0) is 4.74 Å². The van der Waals surface area contributed by atoms with Gasteiger partial charge in [0.05, 0.1) is 25.1 Å².